The fourth-order valence-corrected chi connectivity index (χ4v) is 1.27. The molecule has 0 aliphatic carbocycles. The van der Waals surface area contributed by atoms with Gasteiger partial charge >= 0.3 is 0 Å². The zero-order valence-corrected chi connectivity index (χ0v) is 8.88. The Labute approximate surface area is 95.7 Å². The third-order valence-electron chi connectivity index (χ3n) is 2.18. The Morgan fingerprint density at radius 2 is 1.65 bits per heavy atom. The van der Waals surface area contributed by atoms with Gasteiger partial charge in [-0.15, -0.1) is 0 Å². The molecule has 0 aliphatic heterocycles. The first-order valence-electron chi connectivity index (χ1n) is 4.83. The molecule has 0 fully saturated rings. The Kier molecular flexibility index (Phi) is 2.99. The summed E-state index contributed by atoms with van der Waals surface area (Å²) in [6.07, 6.45) is 0. The first kappa shape index (κ1) is 11.4. The molecule has 1 aromatic heterocycles. The molecule has 0 bridgehead atoms. The van der Waals surface area contributed by atoms with Crippen molar-refractivity contribution in [2.75, 3.05) is 0 Å². The molecule has 0 saturated carbocycles. The van der Waals surface area contributed by atoms with Gasteiger partial charge in [-0.05, 0) is 19.1 Å². The molecule has 2 aromatic rings. The Bertz CT molecular complexity index is 543. The van der Waals surface area contributed by atoms with Gasteiger partial charge < -0.3 is 4.74 Å². The van der Waals surface area contributed by atoms with Crippen LogP contribution in [-0.4, -0.2) is 4.98 Å². The average molecular weight is 239 g/mol. The fraction of sp³-hybridized carbons (Fsp3) is 0.0833. The van der Waals surface area contributed by atoms with Gasteiger partial charge in [-0.2, -0.15) is 9.37 Å². The van der Waals surface area contributed by atoms with Gasteiger partial charge in [0.1, 0.15) is 5.75 Å². The molecule has 0 spiro atoms. The summed E-state index contributed by atoms with van der Waals surface area (Å²) >= 11 is 0. The van der Waals surface area contributed by atoms with Crippen molar-refractivity contribution in [3.8, 4) is 11.6 Å². The van der Waals surface area contributed by atoms with E-state index in [1.165, 1.54) is 0 Å². The predicted molar refractivity (Wildman–Crippen MR) is 55.4 cm³/mol. The monoisotopic (exact) mass is 239 g/mol. The maximum Gasteiger partial charge on any atom is 0.259 e. The number of ether oxygens (including phenoxy) is 1. The van der Waals surface area contributed by atoms with Crippen LogP contribution in [0.4, 0.5) is 13.2 Å². The zero-order valence-electron chi connectivity index (χ0n) is 8.88. The fourth-order valence-electron chi connectivity index (χ4n) is 1.27. The molecule has 17 heavy (non-hydrogen) atoms. The smallest absolute Gasteiger partial charge is 0.259 e. The van der Waals surface area contributed by atoms with Crippen LogP contribution >= 0.6 is 0 Å². The Balaban J connectivity index is 2.41. The molecule has 0 amide bonds. The molecule has 5 heteroatoms. The van der Waals surface area contributed by atoms with Crippen molar-refractivity contribution in [3.63, 3.8) is 0 Å². The van der Waals surface area contributed by atoms with E-state index >= 15 is 0 Å². The number of hydrogen-bond acceptors (Lipinski definition) is 2. The Hall–Kier alpha value is -2.04. The van der Waals surface area contributed by atoms with E-state index in [9.17, 15) is 13.2 Å². The Morgan fingerprint density at radius 1 is 1.00 bits per heavy atom. The van der Waals surface area contributed by atoms with E-state index in [1.807, 2.05) is 0 Å². The number of para-hydroxylation sites is 1. The largest absolute Gasteiger partial charge is 0.436 e. The summed E-state index contributed by atoms with van der Waals surface area (Å²) in [5.74, 6) is -3.97. The Morgan fingerprint density at radius 3 is 2.29 bits per heavy atom. The second-order valence-electron chi connectivity index (χ2n) is 3.38. The van der Waals surface area contributed by atoms with Crippen molar-refractivity contribution in [3.05, 3.63) is 53.5 Å². The number of hydrogen-bond donors (Lipinski definition) is 0. The second-order valence-corrected chi connectivity index (χ2v) is 3.38. The molecule has 1 heterocycles. The minimum atomic E-state index is -1.38. The van der Waals surface area contributed by atoms with Crippen LogP contribution in [0.1, 0.15) is 5.56 Å². The summed E-state index contributed by atoms with van der Waals surface area (Å²) < 4.78 is 44.5. The highest BCUT2D eigenvalue weighted by atomic mass is 19.2. The van der Waals surface area contributed by atoms with Crippen LogP contribution in [0.25, 0.3) is 0 Å². The molecule has 1 aromatic carbocycles. The van der Waals surface area contributed by atoms with Crippen molar-refractivity contribution in [2.45, 2.75) is 6.92 Å². The lowest BCUT2D eigenvalue weighted by molar-refractivity contribution is 0.382. The molecule has 0 atom stereocenters. The summed E-state index contributed by atoms with van der Waals surface area (Å²) in [5, 5.41) is 0. The van der Waals surface area contributed by atoms with Gasteiger partial charge in [0.15, 0.2) is 11.6 Å². The number of pyridine rings is 1. The van der Waals surface area contributed by atoms with Crippen LogP contribution in [0.5, 0.6) is 11.6 Å². The molecule has 2 rings (SSSR count). The van der Waals surface area contributed by atoms with Crippen LogP contribution in [0.2, 0.25) is 0 Å². The van der Waals surface area contributed by atoms with Crippen molar-refractivity contribution in [2.24, 2.45) is 0 Å². The summed E-state index contributed by atoms with van der Waals surface area (Å²) in [7, 11) is 0. The number of rotatable bonds is 2. The minimum absolute atomic E-state index is 0.296. The van der Waals surface area contributed by atoms with E-state index in [0.717, 1.165) is 6.92 Å². The topological polar surface area (TPSA) is 22.1 Å². The van der Waals surface area contributed by atoms with E-state index in [2.05, 4.69) is 4.98 Å². The van der Waals surface area contributed by atoms with Crippen molar-refractivity contribution in [1.82, 2.24) is 4.98 Å². The van der Waals surface area contributed by atoms with E-state index in [4.69, 9.17) is 4.74 Å². The highest BCUT2D eigenvalue weighted by Crippen LogP contribution is 2.26. The second kappa shape index (κ2) is 4.45. The lowest BCUT2D eigenvalue weighted by Crippen LogP contribution is -2.02. The zero-order chi connectivity index (χ0) is 12.4. The quantitative estimate of drug-likeness (QED) is 0.747. The maximum atomic E-state index is 13.5. The molecule has 88 valence electrons. The molecule has 2 nitrogen and oxygen atoms in total. The minimum Gasteiger partial charge on any atom is -0.436 e. The van der Waals surface area contributed by atoms with Crippen LogP contribution in [-0.2, 0) is 0 Å². The van der Waals surface area contributed by atoms with Crippen molar-refractivity contribution in [1.29, 1.82) is 0 Å². The van der Waals surface area contributed by atoms with Gasteiger partial charge in [-0.3, -0.25) is 0 Å². The standard InChI is InChI=1S/C12H8F3NO/c1-7-9(13)11(15)16-12(10(7)14)17-8-5-3-2-4-6-8/h2-6H,1H3. The first-order valence-corrected chi connectivity index (χ1v) is 4.83. The highest BCUT2D eigenvalue weighted by molar-refractivity contribution is 5.30. The van der Waals surface area contributed by atoms with E-state index < -0.39 is 29.0 Å². The molecular weight excluding hydrogens is 231 g/mol. The summed E-state index contributed by atoms with van der Waals surface area (Å²) in [5.41, 5.74) is -0.455. The van der Waals surface area contributed by atoms with Crippen LogP contribution < -0.4 is 4.74 Å². The summed E-state index contributed by atoms with van der Waals surface area (Å²) in [6, 6.07) is 8.18. The van der Waals surface area contributed by atoms with Crippen molar-refractivity contribution >= 4 is 0 Å². The molecular formula is C12H8F3NO. The molecule has 0 saturated heterocycles. The maximum absolute atomic E-state index is 13.5. The lowest BCUT2D eigenvalue weighted by atomic mass is 10.2. The number of halogens is 3. The number of benzene rings is 1. The third kappa shape index (κ3) is 2.22. The molecule has 0 aliphatic rings. The molecule has 0 radical (unpaired) electrons. The van der Waals surface area contributed by atoms with E-state index in [-0.39, 0.29) is 0 Å². The van der Waals surface area contributed by atoms with Gasteiger partial charge in [0.2, 0.25) is 0 Å². The third-order valence-corrected chi connectivity index (χ3v) is 2.18. The first-order chi connectivity index (χ1) is 8.09. The molecule has 0 N–H and O–H groups in total. The van der Waals surface area contributed by atoms with Crippen LogP contribution in [0.3, 0.4) is 0 Å². The van der Waals surface area contributed by atoms with E-state index in [1.54, 1.807) is 30.3 Å². The van der Waals surface area contributed by atoms with Crippen molar-refractivity contribution < 1.29 is 17.9 Å². The van der Waals surface area contributed by atoms with Gasteiger partial charge in [-0.1, -0.05) is 18.2 Å². The van der Waals surface area contributed by atoms with Crippen LogP contribution in [0, 0.1) is 24.5 Å². The van der Waals surface area contributed by atoms with Crippen LogP contribution in [0.15, 0.2) is 30.3 Å². The van der Waals surface area contributed by atoms with Gasteiger partial charge in [0.05, 0.1) is 0 Å². The predicted octanol–water partition coefficient (Wildman–Crippen LogP) is 3.60. The van der Waals surface area contributed by atoms with Gasteiger partial charge in [0, 0.05) is 5.56 Å². The average Bonchev–Trinajstić information content (AvgIpc) is 2.35. The van der Waals surface area contributed by atoms with Gasteiger partial charge in [0.25, 0.3) is 11.8 Å². The van der Waals surface area contributed by atoms with E-state index in [0.29, 0.717) is 5.75 Å². The number of nitrogens with zero attached hydrogens (tertiary/aromatic N) is 1. The summed E-state index contributed by atoms with van der Waals surface area (Å²) in [4.78, 5) is 3.09. The lowest BCUT2D eigenvalue weighted by Gasteiger charge is -2.07. The normalized spacial score (nSPS) is 10.4. The highest BCUT2D eigenvalue weighted by Gasteiger charge is 2.18. The summed E-state index contributed by atoms with van der Waals surface area (Å²) in [6.45, 7) is 1.12. The van der Waals surface area contributed by atoms with Gasteiger partial charge in [-0.25, -0.2) is 8.78 Å². The SMILES string of the molecule is Cc1c(F)c(F)nc(Oc2ccccc2)c1F. The molecule has 0 unspecified atom stereocenters. The number of aromatic nitrogens is 1.